The van der Waals surface area contributed by atoms with Crippen LogP contribution >= 0.6 is 24.0 Å². The van der Waals surface area contributed by atoms with Crippen LogP contribution in [0.25, 0.3) is 0 Å². The van der Waals surface area contributed by atoms with E-state index in [1.165, 1.54) is 18.4 Å². The number of carbonyl (C=O) groups excluding carboxylic acids is 1. The molecule has 2 fully saturated rings. The fraction of sp³-hybridized carbons (Fsp3) is 0.636. The Labute approximate surface area is 197 Å². The molecule has 0 radical (unpaired) electrons. The van der Waals surface area contributed by atoms with Crippen molar-refractivity contribution >= 4 is 35.8 Å². The van der Waals surface area contributed by atoms with Gasteiger partial charge in [0.15, 0.2) is 5.96 Å². The zero-order chi connectivity index (χ0) is 20.5. The zero-order valence-electron chi connectivity index (χ0n) is 18.2. The second-order valence-corrected chi connectivity index (χ2v) is 7.74. The summed E-state index contributed by atoms with van der Waals surface area (Å²) in [4.78, 5) is 19.1. The lowest BCUT2D eigenvalue weighted by atomic mass is 10.1. The first-order chi connectivity index (χ1) is 14.2. The molecule has 0 spiro atoms. The highest BCUT2D eigenvalue weighted by molar-refractivity contribution is 14.0. The first-order valence-electron chi connectivity index (χ1n) is 10.9. The molecule has 3 N–H and O–H groups in total. The van der Waals surface area contributed by atoms with Crippen LogP contribution in [0.1, 0.15) is 44.2 Å². The second kappa shape index (κ2) is 13.0. The molecule has 1 heterocycles. The van der Waals surface area contributed by atoms with Crippen LogP contribution in [-0.2, 0) is 4.79 Å². The molecule has 30 heavy (non-hydrogen) atoms. The van der Waals surface area contributed by atoms with Crippen molar-refractivity contribution in [1.29, 1.82) is 0 Å². The normalized spacial score (nSPS) is 17.7. The number of ether oxygens (including phenoxy) is 1. The van der Waals surface area contributed by atoms with E-state index in [1.54, 1.807) is 7.11 Å². The first kappa shape index (κ1) is 24.7. The SMILES string of the molecule is CCNC(=NCC(c1ccc(OC)cc1)N1CCCC1)NCCNC(=O)C1CC1.I. The number of carbonyl (C=O) groups is 1. The van der Waals surface area contributed by atoms with E-state index < -0.39 is 0 Å². The van der Waals surface area contributed by atoms with E-state index in [2.05, 4.69) is 39.9 Å². The maximum atomic E-state index is 11.7. The Hall–Kier alpha value is -1.55. The van der Waals surface area contributed by atoms with Crippen molar-refractivity contribution in [2.75, 3.05) is 46.4 Å². The lowest BCUT2D eigenvalue weighted by molar-refractivity contribution is -0.122. The number of hydrogen-bond donors (Lipinski definition) is 3. The largest absolute Gasteiger partial charge is 0.497 e. The molecular formula is C22H36IN5O2. The molecule has 3 rings (SSSR count). The van der Waals surface area contributed by atoms with E-state index in [4.69, 9.17) is 9.73 Å². The lowest BCUT2D eigenvalue weighted by Crippen LogP contribution is -2.42. The van der Waals surface area contributed by atoms with Crippen molar-refractivity contribution in [1.82, 2.24) is 20.9 Å². The fourth-order valence-corrected chi connectivity index (χ4v) is 3.69. The van der Waals surface area contributed by atoms with E-state index in [9.17, 15) is 4.79 Å². The van der Waals surface area contributed by atoms with Crippen molar-refractivity contribution in [3.05, 3.63) is 29.8 Å². The number of rotatable bonds is 10. The molecule has 0 bridgehead atoms. The lowest BCUT2D eigenvalue weighted by Gasteiger charge is -2.27. The predicted molar refractivity (Wildman–Crippen MR) is 132 cm³/mol. The molecule has 168 valence electrons. The van der Waals surface area contributed by atoms with E-state index in [1.807, 2.05) is 12.1 Å². The average molecular weight is 529 g/mol. The average Bonchev–Trinajstić information content (AvgIpc) is 3.47. The highest BCUT2D eigenvalue weighted by Gasteiger charge is 2.29. The van der Waals surface area contributed by atoms with Gasteiger partial charge >= 0.3 is 0 Å². The van der Waals surface area contributed by atoms with Crippen molar-refractivity contribution in [3.8, 4) is 5.75 Å². The minimum Gasteiger partial charge on any atom is -0.497 e. The summed E-state index contributed by atoms with van der Waals surface area (Å²) in [6.07, 6.45) is 4.56. The Bertz CT molecular complexity index is 673. The summed E-state index contributed by atoms with van der Waals surface area (Å²) in [5, 5.41) is 9.63. The number of nitrogens with one attached hydrogen (secondary N) is 3. The molecule has 8 heteroatoms. The minimum atomic E-state index is 0. The number of halogens is 1. The van der Waals surface area contributed by atoms with Gasteiger partial charge < -0.3 is 20.7 Å². The maximum absolute atomic E-state index is 11.7. The van der Waals surface area contributed by atoms with Crippen LogP contribution in [0.2, 0.25) is 0 Å². The third-order valence-corrected chi connectivity index (χ3v) is 5.51. The summed E-state index contributed by atoms with van der Waals surface area (Å²) in [7, 11) is 1.69. The Morgan fingerprint density at radius 3 is 2.40 bits per heavy atom. The molecule has 1 aliphatic carbocycles. The van der Waals surface area contributed by atoms with E-state index in [-0.39, 0.29) is 41.8 Å². The standard InChI is InChI=1S/C22H35N5O2.HI/c1-3-23-22(25-13-12-24-21(28)18-6-7-18)26-16-20(27-14-4-5-15-27)17-8-10-19(29-2)11-9-17;/h8-11,18,20H,3-7,12-16H2,1-2H3,(H,24,28)(H2,23,25,26);1H. The van der Waals surface area contributed by atoms with Crippen LogP contribution in [0.5, 0.6) is 5.75 Å². The van der Waals surface area contributed by atoms with Gasteiger partial charge in [0, 0.05) is 25.6 Å². The quantitative estimate of drug-likeness (QED) is 0.188. The number of hydrogen-bond acceptors (Lipinski definition) is 4. The maximum Gasteiger partial charge on any atom is 0.223 e. The second-order valence-electron chi connectivity index (χ2n) is 7.74. The van der Waals surface area contributed by atoms with Gasteiger partial charge in [0.05, 0.1) is 19.7 Å². The highest BCUT2D eigenvalue weighted by Crippen LogP contribution is 2.28. The number of amides is 1. The van der Waals surface area contributed by atoms with Gasteiger partial charge in [0.1, 0.15) is 5.75 Å². The first-order valence-corrected chi connectivity index (χ1v) is 10.9. The fourth-order valence-electron chi connectivity index (χ4n) is 3.69. The Morgan fingerprint density at radius 1 is 1.13 bits per heavy atom. The molecule has 1 amide bonds. The van der Waals surface area contributed by atoms with Crippen molar-refractivity contribution in [2.24, 2.45) is 10.9 Å². The summed E-state index contributed by atoms with van der Waals surface area (Å²) in [6.45, 7) is 7.07. The molecule has 1 saturated heterocycles. The van der Waals surface area contributed by atoms with Crippen molar-refractivity contribution in [2.45, 2.75) is 38.6 Å². The molecule has 2 aliphatic rings. The van der Waals surface area contributed by atoms with Crippen LogP contribution < -0.4 is 20.7 Å². The molecule has 1 aromatic rings. The van der Waals surface area contributed by atoms with Crippen LogP contribution in [-0.4, -0.2) is 63.1 Å². The van der Waals surface area contributed by atoms with Gasteiger partial charge in [-0.2, -0.15) is 0 Å². The molecule has 1 aromatic carbocycles. The van der Waals surface area contributed by atoms with Crippen LogP contribution in [0, 0.1) is 5.92 Å². The van der Waals surface area contributed by atoms with Gasteiger partial charge in [-0.3, -0.25) is 14.7 Å². The van der Waals surface area contributed by atoms with Gasteiger partial charge in [-0.05, 0) is 63.4 Å². The van der Waals surface area contributed by atoms with Crippen LogP contribution in [0.15, 0.2) is 29.3 Å². The third-order valence-electron chi connectivity index (χ3n) is 5.51. The number of aliphatic imine (C=N–C) groups is 1. The van der Waals surface area contributed by atoms with E-state index in [0.29, 0.717) is 19.6 Å². The zero-order valence-corrected chi connectivity index (χ0v) is 20.5. The van der Waals surface area contributed by atoms with Gasteiger partial charge in [-0.1, -0.05) is 12.1 Å². The Morgan fingerprint density at radius 2 is 1.80 bits per heavy atom. The number of benzene rings is 1. The molecule has 1 aliphatic heterocycles. The summed E-state index contributed by atoms with van der Waals surface area (Å²) >= 11 is 0. The van der Waals surface area contributed by atoms with E-state index in [0.717, 1.165) is 44.2 Å². The molecule has 0 aromatic heterocycles. The summed E-state index contributed by atoms with van der Waals surface area (Å²) < 4.78 is 5.30. The highest BCUT2D eigenvalue weighted by atomic mass is 127. The number of nitrogens with zero attached hydrogens (tertiary/aromatic N) is 2. The summed E-state index contributed by atoms with van der Waals surface area (Å²) in [5.41, 5.74) is 1.27. The Balaban J connectivity index is 0.00000320. The van der Waals surface area contributed by atoms with Crippen LogP contribution in [0.3, 0.4) is 0 Å². The monoisotopic (exact) mass is 529 g/mol. The Kier molecular flexibility index (Phi) is 10.7. The number of methoxy groups -OCH3 is 1. The summed E-state index contributed by atoms with van der Waals surface area (Å²) in [5.74, 6) is 2.11. The minimum absolute atomic E-state index is 0. The molecular weight excluding hydrogens is 493 g/mol. The molecule has 7 nitrogen and oxygen atoms in total. The van der Waals surface area contributed by atoms with Gasteiger partial charge in [-0.25, -0.2) is 0 Å². The topological polar surface area (TPSA) is 78.0 Å². The van der Waals surface area contributed by atoms with Gasteiger partial charge in [-0.15, -0.1) is 24.0 Å². The van der Waals surface area contributed by atoms with Crippen molar-refractivity contribution in [3.63, 3.8) is 0 Å². The van der Waals surface area contributed by atoms with E-state index >= 15 is 0 Å². The molecule has 1 unspecified atom stereocenters. The van der Waals surface area contributed by atoms with Crippen LogP contribution in [0.4, 0.5) is 0 Å². The van der Waals surface area contributed by atoms with Crippen molar-refractivity contribution < 1.29 is 9.53 Å². The molecule has 1 atom stereocenters. The molecule has 1 saturated carbocycles. The van der Waals surface area contributed by atoms with Gasteiger partial charge in [0.2, 0.25) is 5.91 Å². The number of likely N-dealkylation sites (tertiary alicyclic amines) is 1. The predicted octanol–water partition coefficient (Wildman–Crippen LogP) is 2.53. The third kappa shape index (κ3) is 7.61. The smallest absolute Gasteiger partial charge is 0.223 e. The van der Waals surface area contributed by atoms with Gasteiger partial charge in [0.25, 0.3) is 0 Å². The number of guanidine groups is 1. The summed E-state index contributed by atoms with van der Waals surface area (Å²) in [6, 6.07) is 8.59.